The zero-order valence-electron chi connectivity index (χ0n) is 21.5. The number of likely N-dealkylation sites (tertiary alicyclic amines) is 2. The van der Waals surface area contributed by atoms with Crippen LogP contribution >= 0.6 is 0 Å². The Hall–Kier alpha value is -0.160. The molecule has 3 aliphatic heterocycles. The van der Waals surface area contributed by atoms with Gasteiger partial charge in [-0.25, -0.2) is 0 Å². The fourth-order valence-electron chi connectivity index (χ4n) is 6.95. The van der Waals surface area contributed by atoms with Crippen molar-refractivity contribution < 1.29 is 0 Å². The summed E-state index contributed by atoms with van der Waals surface area (Å²) in [4.78, 5) is 11.1. The number of hydrogen-bond donors (Lipinski definition) is 0. The van der Waals surface area contributed by atoms with Crippen LogP contribution < -0.4 is 0 Å². The van der Waals surface area contributed by atoms with Gasteiger partial charge in [-0.15, -0.1) is 0 Å². The molecule has 3 heterocycles. The van der Waals surface area contributed by atoms with Gasteiger partial charge in [-0.1, -0.05) is 20.8 Å². The van der Waals surface area contributed by atoms with Gasteiger partial charge in [0.05, 0.1) is 0 Å². The number of hydrogen-bond acceptors (Lipinski definition) is 4. The van der Waals surface area contributed by atoms with E-state index in [0.29, 0.717) is 10.8 Å². The Balaban J connectivity index is 1.16. The van der Waals surface area contributed by atoms with Gasteiger partial charge in [-0.3, -0.25) is 4.90 Å². The van der Waals surface area contributed by atoms with Gasteiger partial charge in [-0.2, -0.15) is 0 Å². The van der Waals surface area contributed by atoms with Crippen LogP contribution in [0.1, 0.15) is 79.6 Å². The predicted molar refractivity (Wildman–Crippen MR) is 133 cm³/mol. The van der Waals surface area contributed by atoms with Crippen LogP contribution in [0.3, 0.4) is 0 Å². The normalized spacial score (nSPS) is 29.1. The summed E-state index contributed by atoms with van der Waals surface area (Å²) in [5.74, 6) is 0.860. The topological polar surface area (TPSA) is 13.0 Å². The SMILES string of the molecule is CC(C)CC1(CN2CCC(C)(CN3CCN(C4CCN(C(C)C)CC4)CC3)CC2)CC1. The van der Waals surface area contributed by atoms with Crippen molar-refractivity contribution in [3.63, 3.8) is 0 Å². The van der Waals surface area contributed by atoms with Gasteiger partial charge in [0.15, 0.2) is 0 Å². The Morgan fingerprint density at radius 1 is 0.710 bits per heavy atom. The van der Waals surface area contributed by atoms with Crippen LogP contribution in [0.15, 0.2) is 0 Å². The van der Waals surface area contributed by atoms with Crippen LogP contribution in [0.2, 0.25) is 0 Å². The largest absolute Gasteiger partial charge is 0.303 e. The van der Waals surface area contributed by atoms with E-state index in [2.05, 4.69) is 54.2 Å². The lowest BCUT2D eigenvalue weighted by Crippen LogP contribution is -2.55. The molecule has 4 heteroatoms. The first-order chi connectivity index (χ1) is 14.8. The first-order valence-electron chi connectivity index (χ1n) is 13.7. The molecule has 0 atom stereocenters. The van der Waals surface area contributed by atoms with Gasteiger partial charge in [0.1, 0.15) is 0 Å². The zero-order valence-corrected chi connectivity index (χ0v) is 21.5. The highest BCUT2D eigenvalue weighted by Crippen LogP contribution is 2.51. The molecule has 0 bridgehead atoms. The van der Waals surface area contributed by atoms with Gasteiger partial charge in [0, 0.05) is 51.4 Å². The molecule has 0 N–H and O–H groups in total. The van der Waals surface area contributed by atoms with Gasteiger partial charge in [0.25, 0.3) is 0 Å². The standard InChI is InChI=1S/C27H52N4/c1-23(2)20-27(8-9-27)22-28-14-10-26(5,11-15-28)21-29-16-18-31(19-17-29)25-6-12-30(13-7-25)24(3)4/h23-25H,6-22H2,1-5H3. The molecule has 4 fully saturated rings. The third kappa shape index (κ3) is 6.46. The molecule has 0 aromatic heterocycles. The second kappa shape index (κ2) is 9.99. The van der Waals surface area contributed by atoms with Gasteiger partial charge < -0.3 is 14.7 Å². The summed E-state index contributed by atoms with van der Waals surface area (Å²) in [7, 11) is 0. The Bertz CT molecular complexity index is 546. The Morgan fingerprint density at radius 3 is 1.81 bits per heavy atom. The van der Waals surface area contributed by atoms with E-state index in [0.717, 1.165) is 18.0 Å². The van der Waals surface area contributed by atoms with Crippen LogP contribution in [0.4, 0.5) is 0 Å². The van der Waals surface area contributed by atoms with Crippen molar-refractivity contribution in [1.29, 1.82) is 0 Å². The summed E-state index contributed by atoms with van der Waals surface area (Å²) in [5.41, 5.74) is 1.24. The third-order valence-electron chi connectivity index (χ3n) is 9.18. The lowest BCUT2D eigenvalue weighted by atomic mass is 9.79. The van der Waals surface area contributed by atoms with Crippen LogP contribution in [-0.4, -0.2) is 97.1 Å². The van der Waals surface area contributed by atoms with Crippen molar-refractivity contribution in [2.45, 2.75) is 91.6 Å². The molecular weight excluding hydrogens is 380 g/mol. The Morgan fingerprint density at radius 2 is 1.29 bits per heavy atom. The second-order valence-electron chi connectivity index (χ2n) is 12.9. The monoisotopic (exact) mass is 432 g/mol. The zero-order chi connectivity index (χ0) is 22.1. The first-order valence-corrected chi connectivity index (χ1v) is 13.7. The van der Waals surface area contributed by atoms with E-state index in [4.69, 9.17) is 0 Å². The fraction of sp³-hybridized carbons (Fsp3) is 1.00. The summed E-state index contributed by atoms with van der Waals surface area (Å²) >= 11 is 0. The summed E-state index contributed by atoms with van der Waals surface area (Å²) in [6.45, 7) is 25.3. The van der Waals surface area contributed by atoms with Gasteiger partial charge >= 0.3 is 0 Å². The summed E-state index contributed by atoms with van der Waals surface area (Å²) in [5, 5.41) is 0. The summed E-state index contributed by atoms with van der Waals surface area (Å²) in [6.07, 6.45) is 9.98. The quantitative estimate of drug-likeness (QED) is 0.563. The molecule has 1 saturated carbocycles. The van der Waals surface area contributed by atoms with E-state index in [1.807, 2.05) is 0 Å². The average Bonchev–Trinajstić information content (AvgIpc) is 3.48. The third-order valence-corrected chi connectivity index (χ3v) is 9.18. The summed E-state index contributed by atoms with van der Waals surface area (Å²) in [6, 6.07) is 1.56. The molecule has 3 saturated heterocycles. The molecule has 4 rings (SSSR count). The first kappa shape index (κ1) is 24.0. The van der Waals surface area contributed by atoms with Gasteiger partial charge in [-0.05, 0) is 102 Å². The van der Waals surface area contributed by atoms with Crippen LogP contribution in [0.25, 0.3) is 0 Å². The second-order valence-corrected chi connectivity index (χ2v) is 12.9. The molecular formula is C27H52N4. The molecule has 4 aliphatic rings. The number of rotatable bonds is 8. The molecule has 4 nitrogen and oxygen atoms in total. The average molecular weight is 433 g/mol. The van der Waals surface area contributed by atoms with Crippen LogP contribution in [0, 0.1) is 16.7 Å². The van der Waals surface area contributed by atoms with E-state index in [-0.39, 0.29) is 0 Å². The molecule has 0 amide bonds. The molecule has 180 valence electrons. The van der Waals surface area contributed by atoms with Crippen LogP contribution in [0.5, 0.6) is 0 Å². The number of piperazine rings is 1. The number of nitrogens with zero attached hydrogens (tertiary/aromatic N) is 4. The summed E-state index contributed by atoms with van der Waals surface area (Å²) < 4.78 is 0. The van der Waals surface area contributed by atoms with Crippen LogP contribution in [-0.2, 0) is 0 Å². The molecule has 0 radical (unpaired) electrons. The molecule has 0 aromatic rings. The molecule has 0 aromatic carbocycles. The molecule has 0 unspecified atom stereocenters. The van der Waals surface area contributed by atoms with Crippen molar-refractivity contribution in [1.82, 2.24) is 19.6 Å². The predicted octanol–water partition coefficient (Wildman–Crippen LogP) is 4.41. The highest BCUT2D eigenvalue weighted by Gasteiger charge is 2.45. The number of piperidine rings is 2. The molecule has 31 heavy (non-hydrogen) atoms. The van der Waals surface area contributed by atoms with Gasteiger partial charge in [0.2, 0.25) is 0 Å². The van der Waals surface area contributed by atoms with Crippen molar-refractivity contribution in [3.8, 4) is 0 Å². The Labute approximate surface area is 193 Å². The maximum absolute atomic E-state index is 2.82. The van der Waals surface area contributed by atoms with E-state index in [1.165, 1.54) is 110 Å². The fourth-order valence-corrected chi connectivity index (χ4v) is 6.95. The van der Waals surface area contributed by atoms with E-state index >= 15 is 0 Å². The highest BCUT2D eigenvalue weighted by atomic mass is 15.3. The van der Waals surface area contributed by atoms with Crippen molar-refractivity contribution in [3.05, 3.63) is 0 Å². The van der Waals surface area contributed by atoms with E-state index in [9.17, 15) is 0 Å². The maximum atomic E-state index is 2.82. The lowest BCUT2D eigenvalue weighted by Gasteiger charge is -2.47. The Kier molecular flexibility index (Phi) is 7.73. The highest BCUT2D eigenvalue weighted by molar-refractivity contribution is 4.98. The minimum Gasteiger partial charge on any atom is -0.303 e. The minimum absolute atomic E-state index is 0.538. The van der Waals surface area contributed by atoms with Crippen molar-refractivity contribution in [2.75, 3.05) is 65.4 Å². The molecule has 1 aliphatic carbocycles. The molecule has 0 spiro atoms. The van der Waals surface area contributed by atoms with Crippen molar-refractivity contribution >= 4 is 0 Å². The smallest absolute Gasteiger partial charge is 0.0121 e. The van der Waals surface area contributed by atoms with Crippen molar-refractivity contribution in [2.24, 2.45) is 16.7 Å². The van der Waals surface area contributed by atoms with E-state index < -0.39 is 0 Å². The van der Waals surface area contributed by atoms with E-state index in [1.54, 1.807) is 0 Å². The minimum atomic E-state index is 0.538. The lowest BCUT2D eigenvalue weighted by molar-refractivity contribution is 0.0195. The maximum Gasteiger partial charge on any atom is 0.0121 e.